The van der Waals surface area contributed by atoms with Crippen LogP contribution in [0.2, 0.25) is 0 Å². The number of nitrogens with one attached hydrogen (secondary N) is 1. The number of aryl methyl sites for hydroxylation is 1. The highest BCUT2D eigenvalue weighted by Crippen LogP contribution is 2.52. The van der Waals surface area contributed by atoms with Crippen molar-refractivity contribution in [3.8, 4) is 0 Å². The summed E-state index contributed by atoms with van der Waals surface area (Å²) in [5.41, 5.74) is 7.24. The second-order valence-corrected chi connectivity index (χ2v) is 7.16. The topological polar surface area (TPSA) is 49.0 Å². The Morgan fingerprint density at radius 3 is 3.04 bits per heavy atom. The van der Waals surface area contributed by atoms with Crippen LogP contribution in [-0.4, -0.2) is 27.3 Å². The van der Waals surface area contributed by atoms with E-state index in [1.165, 1.54) is 33.3 Å². The van der Waals surface area contributed by atoms with Gasteiger partial charge in [0.05, 0.1) is 11.6 Å². The van der Waals surface area contributed by atoms with Gasteiger partial charge in [-0.3, -0.25) is 9.78 Å². The van der Waals surface area contributed by atoms with Crippen LogP contribution in [0.25, 0.3) is 10.9 Å². The second kappa shape index (κ2) is 4.26. The molecule has 0 bridgehead atoms. The quantitative estimate of drug-likeness (QED) is 0.691. The Labute approximate surface area is 139 Å². The molecule has 4 heteroatoms. The minimum atomic E-state index is 0.157. The van der Waals surface area contributed by atoms with E-state index in [-0.39, 0.29) is 11.9 Å². The van der Waals surface area contributed by atoms with Crippen LogP contribution in [0.1, 0.15) is 51.1 Å². The fourth-order valence-electron chi connectivity index (χ4n) is 5.16. The van der Waals surface area contributed by atoms with Crippen molar-refractivity contribution < 1.29 is 4.79 Å². The lowest BCUT2D eigenvalue weighted by Gasteiger charge is -2.43. The smallest absolute Gasteiger partial charge is 0.256 e. The molecule has 2 atom stereocenters. The molecule has 2 aromatic heterocycles. The zero-order valence-electron chi connectivity index (χ0n) is 13.2. The number of pyridine rings is 1. The summed E-state index contributed by atoms with van der Waals surface area (Å²) in [5.74, 6) is 0.564. The van der Waals surface area contributed by atoms with Crippen LogP contribution in [0.3, 0.4) is 0 Å². The highest BCUT2D eigenvalue weighted by molar-refractivity contribution is 5.98. The molecule has 3 aromatic rings. The van der Waals surface area contributed by atoms with Gasteiger partial charge in [-0.15, -0.1) is 0 Å². The van der Waals surface area contributed by atoms with Crippen molar-refractivity contribution in [2.24, 2.45) is 0 Å². The number of carbonyl (C=O) groups excluding carboxylic acids is 1. The van der Waals surface area contributed by atoms with E-state index >= 15 is 0 Å². The van der Waals surface area contributed by atoms with Gasteiger partial charge in [0.1, 0.15) is 0 Å². The van der Waals surface area contributed by atoms with Crippen LogP contribution in [0.5, 0.6) is 0 Å². The second-order valence-electron chi connectivity index (χ2n) is 7.16. The molecule has 0 radical (unpaired) electrons. The van der Waals surface area contributed by atoms with Crippen LogP contribution in [-0.2, 0) is 12.8 Å². The van der Waals surface area contributed by atoms with E-state index in [1.54, 1.807) is 6.20 Å². The number of H-pyrrole nitrogens is 1. The van der Waals surface area contributed by atoms with Crippen molar-refractivity contribution in [2.45, 2.75) is 31.2 Å². The molecule has 118 valence electrons. The monoisotopic (exact) mass is 315 g/mol. The molecule has 0 fully saturated rings. The molecule has 6 rings (SSSR count). The average molecular weight is 315 g/mol. The lowest BCUT2D eigenvalue weighted by molar-refractivity contribution is 0.0585. The predicted molar refractivity (Wildman–Crippen MR) is 91.1 cm³/mol. The fourth-order valence-corrected chi connectivity index (χ4v) is 5.16. The third-order valence-electron chi connectivity index (χ3n) is 6.12. The number of aromatic amines is 1. The zero-order valence-corrected chi connectivity index (χ0v) is 13.2. The molecule has 4 nitrogen and oxygen atoms in total. The first-order valence-electron chi connectivity index (χ1n) is 8.70. The van der Waals surface area contributed by atoms with Gasteiger partial charge >= 0.3 is 0 Å². The predicted octanol–water partition coefficient (Wildman–Crippen LogP) is 3.35. The Bertz CT molecular complexity index is 1020. The number of hydrogen-bond acceptors (Lipinski definition) is 2. The summed E-state index contributed by atoms with van der Waals surface area (Å²) in [6, 6.07) is 8.67. The van der Waals surface area contributed by atoms with Gasteiger partial charge in [0.25, 0.3) is 5.91 Å². The SMILES string of the molecule is O=C1c2cncc3c2[C@@H](CC3)[C@@H]2c3[nH]c4ccccc4c3CCN12. The Hall–Kier alpha value is -2.62. The summed E-state index contributed by atoms with van der Waals surface area (Å²) >= 11 is 0. The summed E-state index contributed by atoms with van der Waals surface area (Å²) in [4.78, 5) is 23.1. The van der Waals surface area contributed by atoms with Crippen LogP contribution < -0.4 is 0 Å². The molecule has 0 saturated carbocycles. The van der Waals surface area contributed by atoms with E-state index in [0.29, 0.717) is 5.92 Å². The first kappa shape index (κ1) is 12.8. The third kappa shape index (κ3) is 1.40. The van der Waals surface area contributed by atoms with Crippen molar-refractivity contribution in [1.82, 2.24) is 14.9 Å². The van der Waals surface area contributed by atoms with Gasteiger partial charge in [0, 0.05) is 41.5 Å². The highest BCUT2D eigenvalue weighted by Gasteiger charge is 2.47. The van der Waals surface area contributed by atoms with Crippen LogP contribution in [0.4, 0.5) is 0 Å². The van der Waals surface area contributed by atoms with Crippen LogP contribution in [0.15, 0.2) is 36.7 Å². The Kier molecular flexibility index (Phi) is 2.27. The molecule has 0 spiro atoms. The number of carbonyl (C=O) groups is 1. The zero-order chi connectivity index (χ0) is 15.8. The normalized spacial score (nSPS) is 24.0. The van der Waals surface area contributed by atoms with Gasteiger partial charge in [-0.05, 0) is 42.0 Å². The lowest BCUT2D eigenvalue weighted by atomic mass is 9.80. The minimum absolute atomic E-state index is 0.157. The number of benzene rings is 1. The number of rotatable bonds is 0. The molecule has 4 heterocycles. The maximum absolute atomic E-state index is 13.1. The van der Waals surface area contributed by atoms with Crippen LogP contribution in [0, 0.1) is 0 Å². The molecule has 3 aliphatic rings. The van der Waals surface area contributed by atoms with Crippen molar-refractivity contribution >= 4 is 16.8 Å². The van der Waals surface area contributed by atoms with E-state index in [9.17, 15) is 4.79 Å². The molecule has 2 aliphatic heterocycles. The Morgan fingerprint density at radius 1 is 1.17 bits per heavy atom. The first-order valence-corrected chi connectivity index (χ1v) is 8.70. The molecule has 24 heavy (non-hydrogen) atoms. The number of para-hydroxylation sites is 1. The van der Waals surface area contributed by atoms with E-state index < -0.39 is 0 Å². The van der Waals surface area contributed by atoms with E-state index in [0.717, 1.165) is 31.4 Å². The molecule has 0 unspecified atom stereocenters. The van der Waals surface area contributed by atoms with Gasteiger partial charge in [0.2, 0.25) is 0 Å². The van der Waals surface area contributed by atoms with Gasteiger partial charge in [-0.2, -0.15) is 0 Å². The summed E-state index contributed by atoms with van der Waals surface area (Å²) in [6.45, 7) is 0.804. The molecule has 0 saturated heterocycles. The Morgan fingerprint density at radius 2 is 2.08 bits per heavy atom. The maximum atomic E-state index is 13.1. The van der Waals surface area contributed by atoms with E-state index in [1.807, 2.05) is 6.20 Å². The summed E-state index contributed by atoms with van der Waals surface area (Å²) in [6.07, 6.45) is 6.80. The van der Waals surface area contributed by atoms with E-state index in [4.69, 9.17) is 0 Å². The summed E-state index contributed by atoms with van der Waals surface area (Å²) in [5, 5.41) is 1.32. The van der Waals surface area contributed by atoms with Gasteiger partial charge in [-0.25, -0.2) is 0 Å². The number of fused-ring (bicyclic) bond motifs is 6. The number of nitrogens with zero attached hydrogens (tertiary/aromatic N) is 2. The molecule has 1 aromatic carbocycles. The van der Waals surface area contributed by atoms with Crippen molar-refractivity contribution in [2.75, 3.05) is 6.54 Å². The first-order chi connectivity index (χ1) is 11.8. The van der Waals surface area contributed by atoms with Gasteiger partial charge < -0.3 is 9.88 Å². The molecule has 1 N–H and O–H groups in total. The average Bonchev–Trinajstić information content (AvgIpc) is 3.21. The standard InChI is InChI=1S/C20H17N3O/c24-20-15-10-21-9-11-5-6-14(17(11)15)19-18-13(7-8-23(19)20)12-3-1-2-4-16(12)22-18/h1-4,9-10,14,19,22H,5-8H2/t14-,19-/m1/s1. The molecule has 1 aliphatic carbocycles. The summed E-state index contributed by atoms with van der Waals surface area (Å²) in [7, 11) is 0. The van der Waals surface area contributed by atoms with Gasteiger partial charge in [0.15, 0.2) is 0 Å². The van der Waals surface area contributed by atoms with Crippen molar-refractivity contribution in [3.05, 3.63) is 64.6 Å². The number of amides is 1. The molecular weight excluding hydrogens is 298 g/mol. The van der Waals surface area contributed by atoms with Gasteiger partial charge in [-0.1, -0.05) is 18.2 Å². The summed E-state index contributed by atoms with van der Waals surface area (Å²) < 4.78 is 0. The lowest BCUT2D eigenvalue weighted by Crippen LogP contribution is -2.45. The Balaban J connectivity index is 1.62. The number of aromatic nitrogens is 2. The van der Waals surface area contributed by atoms with E-state index in [2.05, 4.69) is 39.1 Å². The third-order valence-corrected chi connectivity index (χ3v) is 6.12. The largest absolute Gasteiger partial charge is 0.356 e. The maximum Gasteiger partial charge on any atom is 0.256 e. The van der Waals surface area contributed by atoms with Crippen molar-refractivity contribution in [1.29, 1.82) is 0 Å². The fraction of sp³-hybridized carbons (Fsp3) is 0.300. The number of hydrogen-bond donors (Lipinski definition) is 1. The van der Waals surface area contributed by atoms with Crippen LogP contribution >= 0.6 is 0 Å². The van der Waals surface area contributed by atoms with Crippen molar-refractivity contribution in [3.63, 3.8) is 0 Å². The highest BCUT2D eigenvalue weighted by atomic mass is 16.2. The minimum Gasteiger partial charge on any atom is -0.356 e. The molecular formula is C20H17N3O. The molecule has 1 amide bonds.